The zero-order chi connectivity index (χ0) is 31.0. The van der Waals surface area contributed by atoms with Crippen molar-refractivity contribution in [3.63, 3.8) is 0 Å². The number of nitrogens with one attached hydrogen (secondary N) is 1. The van der Waals surface area contributed by atoms with Crippen molar-refractivity contribution < 1.29 is 14.3 Å². The fourth-order valence-corrected chi connectivity index (χ4v) is 5.91. The first-order valence-electron chi connectivity index (χ1n) is 15.7. The topological polar surface area (TPSA) is 65.1 Å². The normalized spacial score (nSPS) is 16.3. The molecule has 7 nitrogen and oxygen atoms in total. The van der Waals surface area contributed by atoms with Crippen LogP contribution in [-0.2, 0) is 17.9 Å². The van der Waals surface area contributed by atoms with Gasteiger partial charge in [-0.05, 0) is 66.9 Å². The molecule has 0 aromatic heterocycles. The third-order valence-electron chi connectivity index (χ3n) is 8.38. The first-order chi connectivity index (χ1) is 22.0. The lowest BCUT2D eigenvalue weighted by Gasteiger charge is -2.34. The number of benzene rings is 4. The first-order valence-corrected chi connectivity index (χ1v) is 15.7. The van der Waals surface area contributed by atoms with Crippen LogP contribution in [0.15, 0.2) is 109 Å². The van der Waals surface area contributed by atoms with Crippen molar-refractivity contribution >= 4 is 23.6 Å². The second kappa shape index (κ2) is 14.4. The molecule has 0 radical (unpaired) electrons. The largest absolute Gasteiger partial charge is 0.449 e. The molecule has 0 saturated carbocycles. The molecule has 0 unspecified atom stereocenters. The Balaban J connectivity index is 0.995. The van der Waals surface area contributed by atoms with Crippen LogP contribution < -0.4 is 15.0 Å². The Hall–Kier alpha value is -4.72. The van der Waals surface area contributed by atoms with Gasteiger partial charge in [0, 0.05) is 44.8 Å². The molecule has 2 aliphatic rings. The van der Waals surface area contributed by atoms with E-state index in [1.54, 1.807) is 23.1 Å². The molecule has 4 aromatic rings. The van der Waals surface area contributed by atoms with Gasteiger partial charge >= 0.3 is 0 Å². The summed E-state index contributed by atoms with van der Waals surface area (Å²) in [6.45, 7) is 9.35. The van der Waals surface area contributed by atoms with Crippen LogP contribution in [0.5, 0.6) is 5.75 Å². The summed E-state index contributed by atoms with van der Waals surface area (Å²) in [5, 5.41) is 3.05. The highest BCUT2D eigenvalue weighted by Gasteiger charge is 2.30. The summed E-state index contributed by atoms with van der Waals surface area (Å²) in [7, 11) is 0. The summed E-state index contributed by atoms with van der Waals surface area (Å²) in [4.78, 5) is 33.1. The lowest BCUT2D eigenvalue weighted by molar-refractivity contribution is -0.117. The van der Waals surface area contributed by atoms with Crippen molar-refractivity contribution in [2.24, 2.45) is 0 Å². The monoisotopic (exact) mass is 600 g/mol. The minimum absolute atomic E-state index is 0.0925. The van der Waals surface area contributed by atoms with Gasteiger partial charge in [-0.1, -0.05) is 84.4 Å². The van der Waals surface area contributed by atoms with Crippen molar-refractivity contribution in [1.29, 1.82) is 0 Å². The number of rotatable bonds is 10. The molecule has 2 amide bonds. The van der Waals surface area contributed by atoms with E-state index in [0.29, 0.717) is 24.4 Å². The van der Waals surface area contributed by atoms with Crippen molar-refractivity contribution in [3.8, 4) is 5.75 Å². The van der Waals surface area contributed by atoms with E-state index in [4.69, 9.17) is 4.74 Å². The molecule has 0 spiro atoms. The molecule has 1 fully saturated rings. The summed E-state index contributed by atoms with van der Waals surface area (Å²) in [5.74, 6) is 0.597. The molecular weight excluding hydrogens is 560 g/mol. The molecular formula is C38H40N4O3. The lowest BCUT2D eigenvalue weighted by Crippen LogP contribution is -2.46. The summed E-state index contributed by atoms with van der Waals surface area (Å²) in [5.41, 5.74) is 5.69. The first kappa shape index (κ1) is 30.3. The second-order valence-corrected chi connectivity index (χ2v) is 11.8. The maximum Gasteiger partial charge on any atom is 0.294 e. The molecule has 45 heavy (non-hydrogen) atoms. The summed E-state index contributed by atoms with van der Waals surface area (Å²) in [6.07, 6.45) is 2.65. The molecule has 0 aliphatic carbocycles. The number of piperazine rings is 1. The van der Waals surface area contributed by atoms with Crippen molar-refractivity contribution in [3.05, 3.63) is 137 Å². The van der Waals surface area contributed by atoms with E-state index in [1.807, 2.05) is 61.5 Å². The minimum Gasteiger partial charge on any atom is -0.449 e. The van der Waals surface area contributed by atoms with Crippen LogP contribution in [-0.4, -0.2) is 60.9 Å². The molecule has 230 valence electrons. The van der Waals surface area contributed by atoms with Crippen LogP contribution in [0.3, 0.4) is 0 Å². The number of hydrogen-bond acceptors (Lipinski definition) is 5. The van der Waals surface area contributed by atoms with Crippen molar-refractivity contribution in [2.45, 2.75) is 26.4 Å². The number of ether oxygens (including phenoxy) is 1. The molecule has 0 atom stereocenters. The number of nitrogens with zero attached hydrogens (tertiary/aromatic N) is 3. The Morgan fingerprint density at radius 3 is 2.29 bits per heavy atom. The maximum atomic E-state index is 13.6. The van der Waals surface area contributed by atoms with Crippen LogP contribution >= 0.6 is 0 Å². The van der Waals surface area contributed by atoms with Crippen LogP contribution in [0.4, 0.5) is 5.69 Å². The SMILES string of the molecule is Cc1cccc(CN2C(=O)/C(=C\c3ccc(C(=O)NCCCN4CCN(Cc5ccccc5)CC4)cc3)Oc3ccccc32)c1. The predicted octanol–water partition coefficient (Wildman–Crippen LogP) is 5.90. The Morgan fingerprint density at radius 1 is 0.800 bits per heavy atom. The number of carbonyl (C=O) groups excluding carboxylic acids is 2. The van der Waals surface area contributed by atoms with Gasteiger partial charge in [-0.3, -0.25) is 19.4 Å². The number of anilines is 1. The molecule has 0 bridgehead atoms. The second-order valence-electron chi connectivity index (χ2n) is 11.8. The van der Waals surface area contributed by atoms with Gasteiger partial charge in [0.15, 0.2) is 11.5 Å². The van der Waals surface area contributed by atoms with Crippen LogP contribution in [0.2, 0.25) is 0 Å². The number of para-hydroxylation sites is 2. The standard InChI is InChI=1S/C38H40N4O3/c1-29-9-7-12-32(25-29)28-42-34-13-5-6-14-35(34)45-36(38(42)44)26-30-15-17-33(18-16-30)37(43)39-19-8-20-40-21-23-41(24-22-40)27-31-10-3-2-4-11-31/h2-7,9-18,25-26H,8,19-24,27-28H2,1H3,(H,39,43)/b36-26+. The van der Waals surface area contributed by atoms with Crippen LogP contribution in [0.25, 0.3) is 6.08 Å². The Bertz CT molecular complexity index is 1640. The van der Waals surface area contributed by atoms with E-state index >= 15 is 0 Å². The number of hydrogen-bond donors (Lipinski definition) is 1. The molecule has 2 heterocycles. The highest BCUT2D eigenvalue weighted by molar-refractivity contribution is 6.09. The minimum atomic E-state index is -0.199. The fourth-order valence-electron chi connectivity index (χ4n) is 5.91. The van der Waals surface area contributed by atoms with E-state index in [-0.39, 0.29) is 17.6 Å². The number of amides is 2. The average Bonchev–Trinajstić information content (AvgIpc) is 3.06. The molecule has 1 N–H and O–H groups in total. The van der Waals surface area contributed by atoms with E-state index in [9.17, 15) is 9.59 Å². The van der Waals surface area contributed by atoms with Gasteiger partial charge in [0.2, 0.25) is 0 Å². The third kappa shape index (κ3) is 7.87. The van der Waals surface area contributed by atoms with Gasteiger partial charge in [0.05, 0.1) is 12.2 Å². The van der Waals surface area contributed by atoms with Gasteiger partial charge in [-0.25, -0.2) is 0 Å². The Labute approximate surface area is 265 Å². The molecule has 4 aromatic carbocycles. The summed E-state index contributed by atoms with van der Waals surface area (Å²) < 4.78 is 6.05. The summed E-state index contributed by atoms with van der Waals surface area (Å²) >= 11 is 0. The van der Waals surface area contributed by atoms with E-state index in [1.165, 1.54) is 5.56 Å². The van der Waals surface area contributed by atoms with Gasteiger partial charge in [-0.2, -0.15) is 0 Å². The fraction of sp³-hybridized carbons (Fsp3) is 0.263. The van der Waals surface area contributed by atoms with Crippen molar-refractivity contribution in [2.75, 3.05) is 44.2 Å². The maximum absolute atomic E-state index is 13.6. The van der Waals surface area contributed by atoms with E-state index in [0.717, 1.165) is 68.1 Å². The quantitative estimate of drug-likeness (QED) is 0.181. The van der Waals surface area contributed by atoms with Gasteiger partial charge < -0.3 is 15.0 Å². The summed E-state index contributed by atoms with van der Waals surface area (Å²) in [6, 6.07) is 33.7. The van der Waals surface area contributed by atoms with Gasteiger partial charge in [0.1, 0.15) is 0 Å². The third-order valence-corrected chi connectivity index (χ3v) is 8.38. The average molecular weight is 601 g/mol. The molecule has 7 heteroatoms. The molecule has 6 rings (SSSR count). The number of fused-ring (bicyclic) bond motifs is 1. The number of carbonyl (C=O) groups is 2. The van der Waals surface area contributed by atoms with E-state index in [2.05, 4.69) is 51.5 Å². The zero-order valence-corrected chi connectivity index (χ0v) is 25.8. The van der Waals surface area contributed by atoms with E-state index < -0.39 is 0 Å². The Kier molecular flexibility index (Phi) is 9.68. The zero-order valence-electron chi connectivity index (χ0n) is 25.8. The van der Waals surface area contributed by atoms with Crippen LogP contribution in [0.1, 0.15) is 39.0 Å². The van der Waals surface area contributed by atoms with Crippen molar-refractivity contribution in [1.82, 2.24) is 15.1 Å². The lowest BCUT2D eigenvalue weighted by atomic mass is 10.1. The van der Waals surface area contributed by atoms with Gasteiger partial charge in [-0.15, -0.1) is 0 Å². The smallest absolute Gasteiger partial charge is 0.294 e. The van der Waals surface area contributed by atoms with Crippen LogP contribution in [0, 0.1) is 6.92 Å². The predicted molar refractivity (Wildman–Crippen MR) is 179 cm³/mol. The molecule has 2 aliphatic heterocycles. The highest BCUT2D eigenvalue weighted by Crippen LogP contribution is 2.36. The Morgan fingerprint density at radius 2 is 1.51 bits per heavy atom. The van der Waals surface area contributed by atoms with Gasteiger partial charge in [0.25, 0.3) is 11.8 Å². The molecule has 1 saturated heterocycles. The number of aryl methyl sites for hydroxylation is 1. The highest BCUT2D eigenvalue weighted by atomic mass is 16.5.